The molecule has 1 aliphatic rings. The van der Waals surface area contributed by atoms with E-state index < -0.39 is 0 Å². The van der Waals surface area contributed by atoms with Crippen LogP contribution in [0.1, 0.15) is 12.8 Å². The lowest BCUT2D eigenvalue weighted by atomic mass is 9.98. The van der Waals surface area contributed by atoms with E-state index in [4.69, 9.17) is 4.74 Å². The van der Waals surface area contributed by atoms with Crippen molar-refractivity contribution in [3.63, 3.8) is 0 Å². The maximum absolute atomic E-state index is 5.20. The summed E-state index contributed by atoms with van der Waals surface area (Å²) in [7, 11) is 1.70. The predicted octanol–water partition coefficient (Wildman–Crippen LogP) is 2.11. The number of rotatable bonds is 4. The van der Waals surface area contributed by atoms with Gasteiger partial charge in [0.05, 0.1) is 7.11 Å². The van der Waals surface area contributed by atoms with Gasteiger partial charge in [-0.3, -0.25) is 0 Å². The number of anilines is 1. The molecule has 1 fully saturated rings. The van der Waals surface area contributed by atoms with Gasteiger partial charge in [-0.25, -0.2) is 0 Å². The second kappa shape index (κ2) is 5.75. The summed E-state index contributed by atoms with van der Waals surface area (Å²) in [4.78, 5) is 0. The lowest BCUT2D eigenvalue weighted by Gasteiger charge is -2.23. The minimum Gasteiger partial charge on any atom is -0.497 e. The molecule has 1 heterocycles. The van der Waals surface area contributed by atoms with Crippen LogP contribution in [0.25, 0.3) is 0 Å². The number of ether oxygens (including phenoxy) is 1. The third kappa shape index (κ3) is 3.14. The van der Waals surface area contributed by atoms with Crippen molar-refractivity contribution in [2.24, 2.45) is 5.92 Å². The zero-order valence-electron chi connectivity index (χ0n) is 9.83. The van der Waals surface area contributed by atoms with E-state index in [1.807, 2.05) is 18.2 Å². The zero-order chi connectivity index (χ0) is 11.2. The van der Waals surface area contributed by atoms with Gasteiger partial charge in [0.1, 0.15) is 5.75 Å². The molecular weight excluding hydrogens is 200 g/mol. The molecule has 0 atom stereocenters. The molecule has 0 unspecified atom stereocenters. The molecule has 3 nitrogen and oxygen atoms in total. The van der Waals surface area contributed by atoms with Gasteiger partial charge in [-0.05, 0) is 44.0 Å². The third-order valence-corrected chi connectivity index (χ3v) is 3.12. The SMILES string of the molecule is COc1cccc(NCC2CCNCC2)c1. The first-order valence-corrected chi connectivity index (χ1v) is 5.97. The third-order valence-electron chi connectivity index (χ3n) is 3.12. The van der Waals surface area contributed by atoms with Crippen LogP contribution in [0.15, 0.2) is 24.3 Å². The molecule has 1 saturated heterocycles. The maximum Gasteiger partial charge on any atom is 0.120 e. The summed E-state index contributed by atoms with van der Waals surface area (Å²) < 4.78 is 5.20. The van der Waals surface area contributed by atoms with Gasteiger partial charge in [-0.1, -0.05) is 6.07 Å². The van der Waals surface area contributed by atoms with Gasteiger partial charge in [0.25, 0.3) is 0 Å². The van der Waals surface area contributed by atoms with Crippen LogP contribution in [0.5, 0.6) is 5.75 Å². The van der Waals surface area contributed by atoms with Gasteiger partial charge < -0.3 is 15.4 Å². The van der Waals surface area contributed by atoms with Crippen molar-refractivity contribution in [1.29, 1.82) is 0 Å². The first kappa shape index (κ1) is 11.3. The molecule has 0 spiro atoms. The monoisotopic (exact) mass is 220 g/mol. The first-order valence-electron chi connectivity index (χ1n) is 5.97. The van der Waals surface area contributed by atoms with Crippen molar-refractivity contribution in [2.75, 3.05) is 32.1 Å². The minimum atomic E-state index is 0.799. The Morgan fingerprint density at radius 3 is 2.94 bits per heavy atom. The van der Waals surface area contributed by atoms with Crippen LogP contribution >= 0.6 is 0 Å². The van der Waals surface area contributed by atoms with Gasteiger partial charge >= 0.3 is 0 Å². The molecule has 0 radical (unpaired) electrons. The van der Waals surface area contributed by atoms with Crippen LogP contribution < -0.4 is 15.4 Å². The largest absolute Gasteiger partial charge is 0.497 e. The highest BCUT2D eigenvalue weighted by atomic mass is 16.5. The van der Waals surface area contributed by atoms with Crippen LogP contribution in [-0.2, 0) is 0 Å². The molecule has 16 heavy (non-hydrogen) atoms. The Kier molecular flexibility index (Phi) is 4.05. The fourth-order valence-corrected chi connectivity index (χ4v) is 2.08. The topological polar surface area (TPSA) is 33.3 Å². The number of nitrogens with one attached hydrogen (secondary N) is 2. The van der Waals surface area contributed by atoms with Crippen molar-refractivity contribution in [2.45, 2.75) is 12.8 Å². The minimum absolute atomic E-state index is 0.799. The Bertz CT molecular complexity index is 321. The molecule has 2 N–H and O–H groups in total. The molecule has 0 amide bonds. The summed E-state index contributed by atoms with van der Waals surface area (Å²) in [5.41, 5.74) is 1.15. The molecule has 1 aromatic carbocycles. The summed E-state index contributed by atoms with van der Waals surface area (Å²) in [5.74, 6) is 1.71. The average Bonchev–Trinajstić information content (AvgIpc) is 2.38. The van der Waals surface area contributed by atoms with E-state index in [1.165, 1.54) is 12.8 Å². The maximum atomic E-state index is 5.20. The van der Waals surface area contributed by atoms with Crippen molar-refractivity contribution in [1.82, 2.24) is 5.32 Å². The molecule has 0 saturated carbocycles. The first-order chi connectivity index (χ1) is 7.88. The van der Waals surface area contributed by atoms with Gasteiger partial charge in [0, 0.05) is 18.3 Å². The van der Waals surface area contributed by atoms with Gasteiger partial charge in [-0.15, -0.1) is 0 Å². The smallest absolute Gasteiger partial charge is 0.120 e. The average molecular weight is 220 g/mol. The number of methoxy groups -OCH3 is 1. The molecule has 0 aliphatic carbocycles. The highest BCUT2D eigenvalue weighted by Crippen LogP contribution is 2.18. The van der Waals surface area contributed by atoms with Crippen LogP contribution in [0.2, 0.25) is 0 Å². The Balaban J connectivity index is 1.83. The van der Waals surface area contributed by atoms with Gasteiger partial charge in [0.2, 0.25) is 0 Å². The van der Waals surface area contributed by atoms with Crippen LogP contribution in [-0.4, -0.2) is 26.7 Å². The Morgan fingerprint density at radius 2 is 2.19 bits per heavy atom. The standard InChI is InChI=1S/C13H20N2O/c1-16-13-4-2-3-12(9-13)15-10-11-5-7-14-8-6-11/h2-4,9,11,14-15H,5-8,10H2,1H3. The summed E-state index contributed by atoms with van der Waals surface area (Å²) in [6.07, 6.45) is 2.55. The highest BCUT2D eigenvalue weighted by Gasteiger charge is 2.12. The normalized spacial score (nSPS) is 17.1. The Labute approximate surface area is 97.2 Å². The second-order valence-corrected chi connectivity index (χ2v) is 4.31. The molecule has 3 heteroatoms. The van der Waals surface area contributed by atoms with Gasteiger partial charge in [0.15, 0.2) is 0 Å². The lowest BCUT2D eigenvalue weighted by Crippen LogP contribution is -2.31. The van der Waals surface area contributed by atoms with E-state index >= 15 is 0 Å². The molecule has 88 valence electrons. The number of benzene rings is 1. The Morgan fingerprint density at radius 1 is 1.38 bits per heavy atom. The highest BCUT2D eigenvalue weighted by molar-refractivity contribution is 5.48. The zero-order valence-corrected chi connectivity index (χ0v) is 9.83. The number of piperidine rings is 1. The molecule has 1 aliphatic heterocycles. The molecule has 0 aromatic heterocycles. The molecule has 1 aromatic rings. The van der Waals surface area contributed by atoms with Crippen LogP contribution in [0.3, 0.4) is 0 Å². The van der Waals surface area contributed by atoms with Crippen molar-refractivity contribution in [3.05, 3.63) is 24.3 Å². The van der Waals surface area contributed by atoms with E-state index in [0.29, 0.717) is 0 Å². The summed E-state index contributed by atoms with van der Waals surface area (Å²) in [6.45, 7) is 3.38. The Hall–Kier alpha value is -1.22. The van der Waals surface area contributed by atoms with E-state index in [9.17, 15) is 0 Å². The molecular formula is C13H20N2O. The lowest BCUT2D eigenvalue weighted by molar-refractivity contribution is 0.389. The van der Waals surface area contributed by atoms with Gasteiger partial charge in [-0.2, -0.15) is 0 Å². The van der Waals surface area contributed by atoms with E-state index in [0.717, 1.165) is 37.0 Å². The van der Waals surface area contributed by atoms with E-state index in [2.05, 4.69) is 16.7 Å². The van der Waals surface area contributed by atoms with Crippen molar-refractivity contribution >= 4 is 5.69 Å². The van der Waals surface area contributed by atoms with Crippen LogP contribution in [0.4, 0.5) is 5.69 Å². The van der Waals surface area contributed by atoms with E-state index in [1.54, 1.807) is 7.11 Å². The van der Waals surface area contributed by atoms with E-state index in [-0.39, 0.29) is 0 Å². The predicted molar refractivity (Wildman–Crippen MR) is 67.1 cm³/mol. The fraction of sp³-hybridized carbons (Fsp3) is 0.538. The quantitative estimate of drug-likeness (QED) is 0.815. The van der Waals surface area contributed by atoms with Crippen molar-refractivity contribution < 1.29 is 4.74 Å². The summed E-state index contributed by atoms with van der Waals surface area (Å²) >= 11 is 0. The van der Waals surface area contributed by atoms with Crippen LogP contribution in [0, 0.1) is 5.92 Å². The second-order valence-electron chi connectivity index (χ2n) is 4.31. The molecule has 2 rings (SSSR count). The van der Waals surface area contributed by atoms with Crippen molar-refractivity contribution in [3.8, 4) is 5.75 Å². The molecule has 0 bridgehead atoms. The summed E-state index contributed by atoms with van der Waals surface area (Å²) in [5, 5.41) is 6.86. The number of hydrogen-bond acceptors (Lipinski definition) is 3. The number of hydrogen-bond donors (Lipinski definition) is 2. The summed E-state index contributed by atoms with van der Waals surface area (Å²) in [6, 6.07) is 8.12. The fourth-order valence-electron chi connectivity index (χ4n) is 2.08.